The van der Waals surface area contributed by atoms with Gasteiger partial charge in [-0.3, -0.25) is 0 Å². The fourth-order valence-corrected chi connectivity index (χ4v) is 3.74. The Hall–Kier alpha value is -1.77. The lowest BCUT2D eigenvalue weighted by atomic mass is 9.96. The number of nitrogens with one attached hydrogen (secondary N) is 1. The number of hydrogen-bond donors (Lipinski definition) is 2. The Kier molecular flexibility index (Phi) is 4.13. The zero-order valence-corrected chi connectivity index (χ0v) is 15.1. The van der Waals surface area contributed by atoms with Crippen LogP contribution in [0, 0.1) is 12.8 Å². The molecule has 2 fully saturated rings. The Labute approximate surface area is 147 Å². The number of rotatable bonds is 6. The van der Waals surface area contributed by atoms with Crippen LogP contribution in [0.4, 0.5) is 5.82 Å². The molecule has 0 unspecified atom stereocenters. The molecule has 2 aliphatic rings. The van der Waals surface area contributed by atoms with Crippen LogP contribution in [-0.2, 0) is 10.2 Å². The van der Waals surface area contributed by atoms with E-state index in [0.717, 1.165) is 42.1 Å². The van der Waals surface area contributed by atoms with Crippen molar-refractivity contribution < 1.29 is 8.42 Å². The highest BCUT2D eigenvalue weighted by molar-refractivity contribution is 7.87. The zero-order chi connectivity index (χ0) is 17.6. The Balaban J connectivity index is 1.50. The summed E-state index contributed by atoms with van der Waals surface area (Å²) in [6.45, 7) is 4.23. The van der Waals surface area contributed by atoms with E-state index >= 15 is 0 Å². The Morgan fingerprint density at radius 3 is 2.72 bits per heavy atom. The third-order valence-corrected chi connectivity index (χ3v) is 5.51. The second-order valence-electron chi connectivity index (χ2n) is 7.20. The van der Waals surface area contributed by atoms with Gasteiger partial charge in [0.2, 0.25) is 0 Å². The van der Waals surface area contributed by atoms with E-state index in [1.165, 1.54) is 18.4 Å². The summed E-state index contributed by atoms with van der Waals surface area (Å²) < 4.78 is 24.2. The van der Waals surface area contributed by atoms with Crippen LogP contribution in [-0.4, -0.2) is 38.0 Å². The monoisotopic (exact) mass is 361 g/mol. The molecule has 0 bridgehead atoms. The van der Waals surface area contributed by atoms with Crippen molar-refractivity contribution >= 4 is 26.9 Å². The quantitative estimate of drug-likeness (QED) is 0.811. The van der Waals surface area contributed by atoms with Gasteiger partial charge in [-0.1, -0.05) is 6.07 Å². The summed E-state index contributed by atoms with van der Waals surface area (Å²) in [5.41, 5.74) is 2.22. The standard InChI is InChI=1S/C17H23N5O2S/c1-11-2-5-14-15(8-11)20-16(13-3-4-13)21-17(14)22-9-12(10-22)6-7-19-25(18,23)24/h2,5,8,12-13,19H,3-4,6-7,9-10H2,1H3,(H2,18,23,24). The molecule has 7 nitrogen and oxygen atoms in total. The molecule has 1 aliphatic heterocycles. The minimum atomic E-state index is -3.59. The molecule has 0 amide bonds. The van der Waals surface area contributed by atoms with E-state index < -0.39 is 10.2 Å². The third-order valence-electron chi connectivity index (χ3n) is 4.90. The lowest BCUT2D eigenvalue weighted by Gasteiger charge is -2.41. The van der Waals surface area contributed by atoms with Crippen molar-refractivity contribution in [2.45, 2.75) is 32.1 Å². The van der Waals surface area contributed by atoms with Crippen LogP contribution in [0.3, 0.4) is 0 Å². The summed E-state index contributed by atoms with van der Waals surface area (Å²) in [5.74, 6) is 2.95. The van der Waals surface area contributed by atoms with Crippen LogP contribution < -0.4 is 14.8 Å². The van der Waals surface area contributed by atoms with Gasteiger partial charge in [-0.2, -0.15) is 8.42 Å². The lowest BCUT2D eigenvalue weighted by Crippen LogP contribution is -2.48. The maximum atomic E-state index is 10.9. The maximum absolute atomic E-state index is 10.9. The van der Waals surface area contributed by atoms with E-state index in [4.69, 9.17) is 15.1 Å². The molecule has 1 aromatic carbocycles. The van der Waals surface area contributed by atoms with Crippen LogP contribution in [0.25, 0.3) is 10.9 Å². The lowest BCUT2D eigenvalue weighted by molar-refractivity contribution is 0.382. The van der Waals surface area contributed by atoms with E-state index in [0.29, 0.717) is 18.4 Å². The fraction of sp³-hybridized carbons (Fsp3) is 0.529. The summed E-state index contributed by atoms with van der Waals surface area (Å²) in [5, 5.41) is 6.05. The number of benzene rings is 1. The van der Waals surface area contributed by atoms with E-state index in [2.05, 4.69) is 34.7 Å². The molecule has 1 saturated carbocycles. The van der Waals surface area contributed by atoms with Gasteiger partial charge in [-0.05, 0) is 49.8 Å². The number of nitrogens with zero attached hydrogens (tertiary/aromatic N) is 3. The topological polar surface area (TPSA) is 101 Å². The molecular weight excluding hydrogens is 338 g/mol. The highest BCUT2D eigenvalue weighted by Crippen LogP contribution is 2.40. The number of aromatic nitrogens is 2. The van der Waals surface area contributed by atoms with Crippen molar-refractivity contribution in [2.24, 2.45) is 11.1 Å². The van der Waals surface area contributed by atoms with Gasteiger partial charge < -0.3 is 4.90 Å². The Morgan fingerprint density at radius 1 is 1.28 bits per heavy atom. The van der Waals surface area contributed by atoms with Crippen LogP contribution in [0.15, 0.2) is 18.2 Å². The molecular formula is C17H23N5O2S. The fourth-order valence-electron chi connectivity index (χ4n) is 3.34. The Morgan fingerprint density at radius 2 is 2.04 bits per heavy atom. The van der Waals surface area contributed by atoms with Gasteiger partial charge in [-0.25, -0.2) is 19.8 Å². The highest BCUT2D eigenvalue weighted by atomic mass is 32.2. The second kappa shape index (κ2) is 6.19. The third kappa shape index (κ3) is 3.75. The predicted molar refractivity (Wildman–Crippen MR) is 97.7 cm³/mol. The normalized spacial score (nSPS) is 18.6. The Bertz CT molecular complexity index is 905. The molecule has 25 heavy (non-hydrogen) atoms. The smallest absolute Gasteiger partial charge is 0.274 e. The molecule has 0 spiro atoms. The summed E-state index contributed by atoms with van der Waals surface area (Å²) in [6, 6.07) is 6.32. The minimum Gasteiger partial charge on any atom is -0.355 e. The average Bonchev–Trinajstić information content (AvgIpc) is 3.32. The molecule has 2 heterocycles. The van der Waals surface area contributed by atoms with Gasteiger partial charge >= 0.3 is 0 Å². The molecule has 1 aliphatic carbocycles. The van der Waals surface area contributed by atoms with Crippen molar-refractivity contribution in [3.63, 3.8) is 0 Å². The number of hydrogen-bond acceptors (Lipinski definition) is 5. The van der Waals surface area contributed by atoms with E-state index in [1.807, 2.05) is 0 Å². The summed E-state index contributed by atoms with van der Waals surface area (Å²) >= 11 is 0. The molecule has 1 aromatic heterocycles. The van der Waals surface area contributed by atoms with Crippen LogP contribution >= 0.6 is 0 Å². The van der Waals surface area contributed by atoms with Crippen molar-refractivity contribution in [2.75, 3.05) is 24.5 Å². The summed E-state index contributed by atoms with van der Waals surface area (Å²) in [6.07, 6.45) is 3.14. The van der Waals surface area contributed by atoms with Crippen LogP contribution in [0.2, 0.25) is 0 Å². The molecule has 134 valence electrons. The molecule has 4 rings (SSSR count). The molecule has 2 aromatic rings. The largest absolute Gasteiger partial charge is 0.355 e. The minimum absolute atomic E-state index is 0.383. The van der Waals surface area contributed by atoms with Crippen molar-refractivity contribution in [3.8, 4) is 0 Å². The first-order valence-electron chi connectivity index (χ1n) is 8.70. The first kappa shape index (κ1) is 16.7. The van der Waals surface area contributed by atoms with E-state index in [1.54, 1.807) is 0 Å². The zero-order valence-electron chi connectivity index (χ0n) is 14.3. The van der Waals surface area contributed by atoms with Gasteiger partial charge in [0, 0.05) is 30.9 Å². The SMILES string of the molecule is Cc1ccc2c(N3CC(CCNS(N)(=O)=O)C3)nc(C3CC3)nc2c1. The molecule has 8 heteroatoms. The predicted octanol–water partition coefficient (Wildman–Crippen LogP) is 1.44. The van der Waals surface area contributed by atoms with Gasteiger partial charge in [0.15, 0.2) is 0 Å². The molecule has 0 atom stereocenters. The average molecular weight is 361 g/mol. The second-order valence-corrected chi connectivity index (χ2v) is 8.58. The first-order chi connectivity index (χ1) is 11.9. The maximum Gasteiger partial charge on any atom is 0.274 e. The highest BCUT2D eigenvalue weighted by Gasteiger charge is 2.32. The van der Waals surface area contributed by atoms with Crippen molar-refractivity contribution in [1.29, 1.82) is 0 Å². The molecule has 3 N–H and O–H groups in total. The van der Waals surface area contributed by atoms with Crippen LogP contribution in [0.5, 0.6) is 0 Å². The van der Waals surface area contributed by atoms with Crippen molar-refractivity contribution in [1.82, 2.24) is 14.7 Å². The van der Waals surface area contributed by atoms with Gasteiger partial charge in [-0.15, -0.1) is 0 Å². The summed E-state index contributed by atoms with van der Waals surface area (Å²) in [7, 11) is -3.59. The van der Waals surface area contributed by atoms with E-state index in [9.17, 15) is 8.42 Å². The van der Waals surface area contributed by atoms with Gasteiger partial charge in [0.05, 0.1) is 5.52 Å². The van der Waals surface area contributed by atoms with Crippen molar-refractivity contribution in [3.05, 3.63) is 29.6 Å². The number of fused-ring (bicyclic) bond motifs is 1. The van der Waals surface area contributed by atoms with Gasteiger partial charge in [0.1, 0.15) is 11.6 Å². The van der Waals surface area contributed by atoms with Crippen LogP contribution in [0.1, 0.15) is 36.6 Å². The number of aryl methyl sites for hydroxylation is 1. The molecule has 1 saturated heterocycles. The molecule has 0 radical (unpaired) electrons. The number of anilines is 1. The number of nitrogens with two attached hydrogens (primary N) is 1. The summed E-state index contributed by atoms with van der Waals surface area (Å²) in [4.78, 5) is 11.9. The first-order valence-corrected chi connectivity index (χ1v) is 10.2. The van der Waals surface area contributed by atoms with Gasteiger partial charge in [0.25, 0.3) is 10.2 Å². The van der Waals surface area contributed by atoms with E-state index in [-0.39, 0.29) is 0 Å².